The normalized spacial score (nSPS) is 20.1. The predicted octanol–water partition coefficient (Wildman–Crippen LogP) is 1.79. The maximum absolute atomic E-state index is 5.91. The number of fused-ring (bicyclic) bond motifs is 1. The number of ether oxygens (including phenoxy) is 1. The minimum Gasteiger partial charge on any atom is -0.476 e. The summed E-state index contributed by atoms with van der Waals surface area (Å²) >= 11 is 5.91. The number of rotatable bonds is 0. The van der Waals surface area contributed by atoms with Crippen LogP contribution < -0.4 is 11.5 Å². The second-order valence-electron chi connectivity index (χ2n) is 2.87. The largest absolute Gasteiger partial charge is 0.476 e. The second kappa shape index (κ2) is 2.85. The van der Waals surface area contributed by atoms with Crippen LogP contribution in [0.2, 0.25) is 0 Å². The number of nitrogen functional groups attached to an aromatic ring is 1. The molecule has 0 bridgehead atoms. The van der Waals surface area contributed by atoms with E-state index in [1.165, 1.54) is 6.26 Å². The Morgan fingerprint density at radius 2 is 2.08 bits per heavy atom. The Kier molecular flexibility index (Phi) is 1.81. The average Bonchev–Trinajstić information content (AvgIpc) is 2.12. The molecule has 1 aromatic carbocycles. The van der Waals surface area contributed by atoms with Gasteiger partial charge in [-0.25, -0.2) is 0 Å². The van der Waals surface area contributed by atoms with Crippen LogP contribution in [0.1, 0.15) is 16.7 Å². The number of hydrogen-bond acceptors (Lipinski definition) is 3. The van der Waals surface area contributed by atoms with Crippen molar-refractivity contribution in [3.63, 3.8) is 0 Å². The Labute approximate surface area is 80.9 Å². The van der Waals surface area contributed by atoms with Gasteiger partial charge in [0, 0.05) is 16.8 Å². The SMILES string of the molecule is NC1=COC(Cl)c2cc(N)ccc21. The third kappa shape index (κ3) is 1.31. The van der Waals surface area contributed by atoms with Crippen molar-refractivity contribution in [1.82, 2.24) is 0 Å². The van der Waals surface area contributed by atoms with E-state index in [4.69, 9.17) is 27.8 Å². The van der Waals surface area contributed by atoms with E-state index in [-0.39, 0.29) is 0 Å². The molecule has 4 heteroatoms. The first-order valence-corrected chi connectivity index (χ1v) is 4.27. The number of halogens is 1. The fraction of sp³-hybridized carbons (Fsp3) is 0.111. The lowest BCUT2D eigenvalue weighted by molar-refractivity contribution is 0.216. The Morgan fingerprint density at radius 1 is 1.31 bits per heavy atom. The molecule has 4 N–H and O–H groups in total. The molecule has 1 unspecified atom stereocenters. The van der Waals surface area contributed by atoms with E-state index in [0.717, 1.165) is 11.1 Å². The average molecular weight is 197 g/mol. The fourth-order valence-corrected chi connectivity index (χ4v) is 1.53. The molecule has 2 rings (SSSR count). The molecule has 1 aliphatic rings. The molecule has 0 saturated heterocycles. The van der Waals surface area contributed by atoms with Gasteiger partial charge >= 0.3 is 0 Å². The van der Waals surface area contributed by atoms with E-state index in [0.29, 0.717) is 11.4 Å². The van der Waals surface area contributed by atoms with Crippen LogP contribution in [-0.4, -0.2) is 0 Å². The molecule has 68 valence electrons. The van der Waals surface area contributed by atoms with Gasteiger partial charge in [0.15, 0.2) is 5.56 Å². The van der Waals surface area contributed by atoms with Crippen molar-refractivity contribution in [2.24, 2.45) is 5.73 Å². The highest BCUT2D eigenvalue weighted by molar-refractivity contribution is 6.20. The van der Waals surface area contributed by atoms with Gasteiger partial charge < -0.3 is 16.2 Å². The van der Waals surface area contributed by atoms with Gasteiger partial charge in [0.2, 0.25) is 0 Å². The minimum atomic E-state index is -0.495. The van der Waals surface area contributed by atoms with Crippen LogP contribution in [0.5, 0.6) is 0 Å². The molecule has 13 heavy (non-hydrogen) atoms. The van der Waals surface area contributed by atoms with E-state index >= 15 is 0 Å². The summed E-state index contributed by atoms with van der Waals surface area (Å²) in [4.78, 5) is 0. The summed E-state index contributed by atoms with van der Waals surface area (Å²) in [5.74, 6) is 0. The molecule has 0 radical (unpaired) electrons. The van der Waals surface area contributed by atoms with Gasteiger partial charge in [0.05, 0.1) is 5.70 Å². The summed E-state index contributed by atoms with van der Waals surface area (Å²) in [6, 6.07) is 5.40. The molecule has 1 atom stereocenters. The van der Waals surface area contributed by atoms with Crippen molar-refractivity contribution in [3.05, 3.63) is 35.6 Å². The first kappa shape index (κ1) is 8.26. The third-order valence-electron chi connectivity index (χ3n) is 1.95. The van der Waals surface area contributed by atoms with Gasteiger partial charge in [-0.15, -0.1) is 0 Å². The van der Waals surface area contributed by atoms with Crippen LogP contribution in [0.25, 0.3) is 5.70 Å². The first-order chi connectivity index (χ1) is 6.18. The van der Waals surface area contributed by atoms with E-state index in [2.05, 4.69) is 0 Å². The molecule has 0 aliphatic carbocycles. The lowest BCUT2D eigenvalue weighted by Crippen LogP contribution is -2.10. The third-order valence-corrected chi connectivity index (χ3v) is 2.28. The maximum atomic E-state index is 5.91. The highest BCUT2D eigenvalue weighted by Crippen LogP contribution is 2.33. The molecule has 3 nitrogen and oxygen atoms in total. The lowest BCUT2D eigenvalue weighted by Gasteiger charge is -2.20. The maximum Gasteiger partial charge on any atom is 0.197 e. The zero-order valence-corrected chi connectivity index (χ0v) is 7.58. The molecule has 0 fully saturated rings. The van der Waals surface area contributed by atoms with E-state index in [1.807, 2.05) is 6.07 Å². The molecule has 0 saturated carbocycles. The highest BCUT2D eigenvalue weighted by atomic mass is 35.5. The molecule has 1 heterocycles. The zero-order valence-electron chi connectivity index (χ0n) is 6.83. The van der Waals surface area contributed by atoms with Gasteiger partial charge in [-0.3, -0.25) is 0 Å². The number of alkyl halides is 1. The van der Waals surface area contributed by atoms with Gasteiger partial charge in [0.25, 0.3) is 0 Å². The van der Waals surface area contributed by atoms with Gasteiger partial charge in [-0.2, -0.15) is 0 Å². The van der Waals surface area contributed by atoms with Crippen molar-refractivity contribution >= 4 is 23.0 Å². The predicted molar refractivity (Wildman–Crippen MR) is 52.7 cm³/mol. The van der Waals surface area contributed by atoms with Gasteiger partial charge in [0.1, 0.15) is 6.26 Å². The number of hydrogen-bond donors (Lipinski definition) is 2. The molecule has 0 amide bonds. The van der Waals surface area contributed by atoms with E-state index < -0.39 is 5.56 Å². The fourth-order valence-electron chi connectivity index (χ4n) is 1.30. The van der Waals surface area contributed by atoms with Crippen molar-refractivity contribution in [1.29, 1.82) is 0 Å². The van der Waals surface area contributed by atoms with E-state index in [9.17, 15) is 0 Å². The standard InChI is InChI=1S/C9H9ClN2O/c10-9-7-3-5(11)1-2-6(7)8(12)4-13-9/h1-4,9H,11-12H2. The zero-order chi connectivity index (χ0) is 9.42. The van der Waals surface area contributed by atoms with Crippen molar-refractivity contribution in [2.45, 2.75) is 5.56 Å². The Hall–Kier alpha value is -1.35. The second-order valence-corrected chi connectivity index (χ2v) is 3.27. The first-order valence-electron chi connectivity index (χ1n) is 3.83. The van der Waals surface area contributed by atoms with Crippen LogP contribution in [0, 0.1) is 0 Å². The molecule has 0 spiro atoms. The smallest absolute Gasteiger partial charge is 0.197 e. The van der Waals surface area contributed by atoms with Crippen molar-refractivity contribution in [2.75, 3.05) is 5.73 Å². The van der Waals surface area contributed by atoms with Crippen molar-refractivity contribution < 1.29 is 4.74 Å². The lowest BCUT2D eigenvalue weighted by atomic mass is 10.0. The Bertz CT molecular complexity index is 376. The minimum absolute atomic E-state index is 0.495. The molecular weight excluding hydrogens is 188 g/mol. The summed E-state index contributed by atoms with van der Waals surface area (Å²) in [5.41, 5.74) is 13.8. The quantitative estimate of drug-likeness (QED) is 0.491. The summed E-state index contributed by atoms with van der Waals surface area (Å²) < 4.78 is 5.09. The summed E-state index contributed by atoms with van der Waals surface area (Å²) in [5, 5.41) is 0. The Balaban J connectivity index is 2.59. The Morgan fingerprint density at radius 3 is 2.85 bits per heavy atom. The van der Waals surface area contributed by atoms with E-state index in [1.54, 1.807) is 12.1 Å². The number of benzene rings is 1. The number of nitrogens with two attached hydrogens (primary N) is 2. The van der Waals surface area contributed by atoms with Crippen LogP contribution in [0.15, 0.2) is 24.5 Å². The molecular formula is C9H9ClN2O. The molecule has 0 aromatic heterocycles. The molecule has 1 aliphatic heterocycles. The monoisotopic (exact) mass is 196 g/mol. The van der Waals surface area contributed by atoms with Crippen LogP contribution in [0.3, 0.4) is 0 Å². The van der Waals surface area contributed by atoms with Crippen molar-refractivity contribution in [3.8, 4) is 0 Å². The summed E-state index contributed by atoms with van der Waals surface area (Å²) in [6.07, 6.45) is 1.45. The van der Waals surface area contributed by atoms with Gasteiger partial charge in [-0.1, -0.05) is 17.7 Å². The van der Waals surface area contributed by atoms with Crippen LogP contribution >= 0.6 is 11.6 Å². The number of anilines is 1. The highest BCUT2D eigenvalue weighted by Gasteiger charge is 2.19. The molecule has 1 aromatic rings. The summed E-state index contributed by atoms with van der Waals surface area (Å²) in [6.45, 7) is 0. The van der Waals surface area contributed by atoms with Crippen LogP contribution in [-0.2, 0) is 4.74 Å². The topological polar surface area (TPSA) is 61.3 Å². The summed E-state index contributed by atoms with van der Waals surface area (Å²) in [7, 11) is 0. The van der Waals surface area contributed by atoms with Gasteiger partial charge in [-0.05, 0) is 12.1 Å². The van der Waals surface area contributed by atoms with Crippen LogP contribution in [0.4, 0.5) is 5.69 Å².